The topological polar surface area (TPSA) is 89.8 Å². The summed E-state index contributed by atoms with van der Waals surface area (Å²) < 4.78 is 12.8. The van der Waals surface area contributed by atoms with Gasteiger partial charge in [-0.1, -0.05) is 18.2 Å². The Balaban J connectivity index is 1.77. The lowest BCUT2D eigenvalue weighted by Crippen LogP contribution is -2.23. The highest BCUT2D eigenvalue weighted by Crippen LogP contribution is 2.22. The van der Waals surface area contributed by atoms with Gasteiger partial charge in [0, 0.05) is 6.54 Å². The molecule has 0 aromatic heterocycles. The summed E-state index contributed by atoms with van der Waals surface area (Å²) >= 11 is 0. The van der Waals surface area contributed by atoms with Gasteiger partial charge in [-0.25, -0.2) is 9.18 Å². The molecule has 1 unspecified atom stereocenters. The van der Waals surface area contributed by atoms with Gasteiger partial charge >= 0.3 is 5.97 Å². The van der Waals surface area contributed by atoms with Gasteiger partial charge in [-0.3, -0.25) is 0 Å². The molecule has 4 N–H and O–H groups in total. The maximum absolute atomic E-state index is 12.8. The number of nitrogens with one attached hydrogen (secondary N) is 1. The van der Waals surface area contributed by atoms with E-state index in [0.29, 0.717) is 12.1 Å². The molecule has 0 aliphatic rings. The number of rotatable bonds is 8. The number of hydrogen-bond donors (Lipinski definition) is 4. The van der Waals surface area contributed by atoms with Gasteiger partial charge in [0.25, 0.3) is 0 Å². The highest BCUT2D eigenvalue weighted by Gasteiger charge is 2.14. The van der Waals surface area contributed by atoms with Gasteiger partial charge in [-0.15, -0.1) is 0 Å². The molecule has 5 nitrogen and oxygen atoms in total. The highest BCUT2D eigenvalue weighted by molar-refractivity contribution is 5.90. The van der Waals surface area contributed by atoms with Crippen molar-refractivity contribution in [3.05, 3.63) is 65.0 Å². The third-order valence-corrected chi connectivity index (χ3v) is 3.71. The number of benzene rings is 2. The Morgan fingerprint density at radius 1 is 1.17 bits per heavy atom. The van der Waals surface area contributed by atoms with Crippen LogP contribution in [0.2, 0.25) is 0 Å². The van der Waals surface area contributed by atoms with E-state index in [4.69, 9.17) is 5.11 Å². The maximum Gasteiger partial charge on any atom is 0.339 e. The van der Waals surface area contributed by atoms with Crippen LogP contribution in [0, 0.1) is 5.82 Å². The van der Waals surface area contributed by atoms with E-state index in [1.807, 2.05) is 0 Å². The molecule has 0 heterocycles. The first-order valence-electron chi connectivity index (χ1n) is 7.67. The van der Waals surface area contributed by atoms with Crippen molar-refractivity contribution in [3.63, 3.8) is 0 Å². The van der Waals surface area contributed by atoms with Gasteiger partial charge in [-0.05, 0) is 54.8 Å². The monoisotopic (exact) mass is 333 g/mol. The predicted molar refractivity (Wildman–Crippen MR) is 87.6 cm³/mol. The Morgan fingerprint density at radius 3 is 2.54 bits per heavy atom. The molecule has 6 heteroatoms. The standard InChI is InChI=1S/C18H20FNO4/c19-14-6-3-12(4-7-14)2-1-9-20-11-17(22)13-5-8-16(21)15(10-13)18(23)24/h3-8,10,17,20-22H,1-2,9,11H2,(H,23,24). The average molecular weight is 333 g/mol. The van der Waals surface area contributed by atoms with E-state index in [0.717, 1.165) is 18.4 Å². The Morgan fingerprint density at radius 2 is 1.88 bits per heavy atom. The van der Waals surface area contributed by atoms with Crippen LogP contribution in [-0.4, -0.2) is 34.4 Å². The number of aliphatic hydroxyl groups excluding tert-OH is 1. The molecule has 2 rings (SSSR count). The summed E-state index contributed by atoms with van der Waals surface area (Å²) in [7, 11) is 0. The second kappa shape index (κ2) is 8.42. The van der Waals surface area contributed by atoms with Crippen LogP contribution in [0.5, 0.6) is 5.75 Å². The Labute approximate surface area is 139 Å². The molecule has 0 aliphatic carbocycles. The van der Waals surface area contributed by atoms with E-state index < -0.39 is 12.1 Å². The van der Waals surface area contributed by atoms with Crippen LogP contribution in [0.15, 0.2) is 42.5 Å². The molecule has 0 radical (unpaired) electrons. The smallest absolute Gasteiger partial charge is 0.339 e. The molecule has 128 valence electrons. The van der Waals surface area contributed by atoms with Gasteiger partial charge in [0.15, 0.2) is 0 Å². The van der Waals surface area contributed by atoms with Gasteiger partial charge < -0.3 is 20.6 Å². The third-order valence-electron chi connectivity index (χ3n) is 3.71. The average Bonchev–Trinajstić information content (AvgIpc) is 2.56. The number of phenols is 1. The molecule has 0 spiro atoms. The van der Waals surface area contributed by atoms with E-state index in [1.165, 1.54) is 30.3 Å². The zero-order valence-corrected chi connectivity index (χ0v) is 13.1. The summed E-state index contributed by atoms with van der Waals surface area (Å²) in [6, 6.07) is 10.4. The van der Waals surface area contributed by atoms with Crippen LogP contribution in [-0.2, 0) is 6.42 Å². The molecule has 2 aromatic carbocycles. The van der Waals surface area contributed by atoms with Crippen LogP contribution in [0.25, 0.3) is 0 Å². The molecular formula is C18H20FNO4. The molecule has 24 heavy (non-hydrogen) atoms. The van der Waals surface area contributed by atoms with Crippen LogP contribution < -0.4 is 5.32 Å². The van der Waals surface area contributed by atoms with E-state index in [-0.39, 0.29) is 23.7 Å². The number of aromatic carboxylic acids is 1. The van der Waals surface area contributed by atoms with Crippen LogP contribution in [0.3, 0.4) is 0 Å². The quantitative estimate of drug-likeness (QED) is 0.557. The molecule has 0 aliphatic heterocycles. The maximum atomic E-state index is 12.8. The lowest BCUT2D eigenvalue weighted by atomic mass is 10.0. The van der Waals surface area contributed by atoms with Crippen LogP contribution >= 0.6 is 0 Å². The first kappa shape index (κ1) is 17.9. The lowest BCUT2D eigenvalue weighted by molar-refractivity contribution is 0.0693. The van der Waals surface area contributed by atoms with E-state index >= 15 is 0 Å². The number of aryl methyl sites for hydroxylation is 1. The summed E-state index contributed by atoms with van der Waals surface area (Å²) in [5.74, 6) is -1.82. The fraction of sp³-hybridized carbons (Fsp3) is 0.278. The van der Waals surface area contributed by atoms with Crippen molar-refractivity contribution in [2.24, 2.45) is 0 Å². The number of carbonyl (C=O) groups is 1. The fourth-order valence-corrected chi connectivity index (χ4v) is 2.36. The number of aromatic hydroxyl groups is 1. The largest absolute Gasteiger partial charge is 0.507 e. The highest BCUT2D eigenvalue weighted by atomic mass is 19.1. The van der Waals surface area contributed by atoms with Crippen LogP contribution in [0.1, 0.15) is 34.0 Å². The van der Waals surface area contributed by atoms with Gasteiger partial charge in [0.05, 0.1) is 6.10 Å². The molecule has 2 aromatic rings. The number of halogens is 1. The van der Waals surface area contributed by atoms with Gasteiger partial charge in [0.1, 0.15) is 17.1 Å². The second-order valence-corrected chi connectivity index (χ2v) is 5.53. The summed E-state index contributed by atoms with van der Waals surface area (Å²) in [6.45, 7) is 0.936. The zero-order valence-electron chi connectivity index (χ0n) is 13.1. The Kier molecular flexibility index (Phi) is 6.28. The van der Waals surface area contributed by atoms with Crippen LogP contribution in [0.4, 0.5) is 4.39 Å². The molecule has 0 saturated carbocycles. The van der Waals surface area contributed by atoms with Crippen molar-refractivity contribution in [3.8, 4) is 5.75 Å². The number of hydrogen-bond acceptors (Lipinski definition) is 4. The lowest BCUT2D eigenvalue weighted by Gasteiger charge is -2.13. The zero-order chi connectivity index (χ0) is 17.5. The van der Waals surface area contributed by atoms with E-state index in [1.54, 1.807) is 12.1 Å². The number of carboxylic acids is 1. The molecule has 0 amide bonds. The van der Waals surface area contributed by atoms with E-state index in [9.17, 15) is 19.4 Å². The minimum atomic E-state index is -1.24. The molecule has 1 atom stereocenters. The Hall–Kier alpha value is -2.44. The summed E-state index contributed by atoms with van der Waals surface area (Å²) in [4.78, 5) is 11.0. The number of carboxylic acid groups (broad SMARTS) is 1. The summed E-state index contributed by atoms with van der Waals surface area (Å²) in [6.07, 6.45) is 0.759. The first-order valence-corrected chi connectivity index (χ1v) is 7.67. The summed E-state index contributed by atoms with van der Waals surface area (Å²) in [5.41, 5.74) is 1.24. The molecule has 0 bridgehead atoms. The van der Waals surface area contributed by atoms with Crippen molar-refractivity contribution in [1.82, 2.24) is 5.32 Å². The van der Waals surface area contributed by atoms with Crippen molar-refractivity contribution < 1.29 is 24.5 Å². The first-order chi connectivity index (χ1) is 11.5. The third kappa shape index (κ3) is 5.04. The molecule has 0 fully saturated rings. The summed E-state index contributed by atoms with van der Waals surface area (Å²) in [5, 5.41) is 31.6. The van der Waals surface area contributed by atoms with Gasteiger partial charge in [-0.2, -0.15) is 0 Å². The van der Waals surface area contributed by atoms with Crippen molar-refractivity contribution in [2.45, 2.75) is 18.9 Å². The SMILES string of the molecule is O=C(O)c1cc(C(O)CNCCCc2ccc(F)cc2)ccc1O. The van der Waals surface area contributed by atoms with Crippen molar-refractivity contribution in [1.29, 1.82) is 0 Å². The molecule has 0 saturated heterocycles. The number of aliphatic hydroxyl groups is 1. The minimum absolute atomic E-state index is 0.233. The second-order valence-electron chi connectivity index (χ2n) is 5.53. The van der Waals surface area contributed by atoms with Crippen molar-refractivity contribution in [2.75, 3.05) is 13.1 Å². The Bertz CT molecular complexity index is 688. The van der Waals surface area contributed by atoms with Crippen molar-refractivity contribution >= 4 is 5.97 Å². The normalized spacial score (nSPS) is 12.1. The van der Waals surface area contributed by atoms with Gasteiger partial charge in [0.2, 0.25) is 0 Å². The minimum Gasteiger partial charge on any atom is -0.507 e. The molecular weight excluding hydrogens is 313 g/mol. The van der Waals surface area contributed by atoms with E-state index in [2.05, 4.69) is 5.32 Å². The predicted octanol–water partition coefficient (Wildman–Crippen LogP) is 2.49. The fourth-order valence-electron chi connectivity index (χ4n) is 2.36.